The number of carbonyl (C=O) groups is 1. The van der Waals surface area contributed by atoms with Crippen LogP contribution in [0.4, 0.5) is 0 Å². The average molecular weight is 513 g/mol. The molecule has 0 aliphatic carbocycles. The molecule has 0 unspecified atom stereocenters. The van der Waals surface area contributed by atoms with Crippen LogP contribution in [-0.4, -0.2) is 44.1 Å². The van der Waals surface area contributed by atoms with Crippen molar-refractivity contribution in [2.75, 3.05) is 14.2 Å². The van der Waals surface area contributed by atoms with Crippen LogP contribution in [0.2, 0.25) is 16.6 Å². The summed E-state index contributed by atoms with van der Waals surface area (Å²) in [7, 11) is 0.998. The number of benzene rings is 1. The Bertz CT molecular complexity index is 1030. The first kappa shape index (κ1) is 29.7. The molecule has 2 atom stereocenters. The molecule has 36 heavy (non-hydrogen) atoms. The largest absolute Gasteiger partial charge is 0.497 e. The Morgan fingerprint density at radius 2 is 1.67 bits per heavy atom. The van der Waals surface area contributed by atoms with Crippen LogP contribution in [0.5, 0.6) is 11.5 Å². The van der Waals surface area contributed by atoms with Gasteiger partial charge in [0, 0.05) is 24.9 Å². The molecule has 0 spiro atoms. The first-order valence-corrected chi connectivity index (χ1v) is 15.0. The molecule has 0 bridgehead atoms. The summed E-state index contributed by atoms with van der Waals surface area (Å²) in [6.07, 6.45) is 5.92. The number of rotatable bonds is 12. The molecule has 1 aromatic heterocycles. The van der Waals surface area contributed by atoms with E-state index in [2.05, 4.69) is 65.3 Å². The Balaban J connectivity index is 2.68. The van der Waals surface area contributed by atoms with Crippen molar-refractivity contribution in [2.24, 2.45) is 5.92 Å². The fraction of sp³-hybridized carbons (Fsp3) is 0.586. The van der Waals surface area contributed by atoms with Crippen LogP contribution in [0, 0.1) is 17.8 Å². The summed E-state index contributed by atoms with van der Waals surface area (Å²) >= 11 is 0. The van der Waals surface area contributed by atoms with Crippen molar-refractivity contribution in [3.05, 3.63) is 42.0 Å². The molecule has 2 aromatic rings. The minimum atomic E-state index is -2.20. The van der Waals surface area contributed by atoms with E-state index < -0.39 is 8.32 Å². The monoisotopic (exact) mass is 512 g/mol. The van der Waals surface area contributed by atoms with E-state index in [0.29, 0.717) is 40.1 Å². The van der Waals surface area contributed by atoms with Gasteiger partial charge in [0.15, 0.2) is 0 Å². The second kappa shape index (κ2) is 13.1. The van der Waals surface area contributed by atoms with E-state index in [1.54, 1.807) is 32.7 Å². The zero-order valence-electron chi connectivity index (χ0n) is 23.7. The Kier molecular flexibility index (Phi) is 10.8. The van der Waals surface area contributed by atoms with Crippen molar-refractivity contribution in [3.8, 4) is 23.3 Å². The van der Waals surface area contributed by atoms with Gasteiger partial charge >= 0.3 is 0 Å². The van der Waals surface area contributed by atoms with Gasteiger partial charge in [0.05, 0.1) is 25.9 Å². The first-order valence-electron chi connectivity index (χ1n) is 12.9. The summed E-state index contributed by atoms with van der Waals surface area (Å²) in [5, 5.41) is 0. The van der Waals surface area contributed by atoms with Gasteiger partial charge in [-0.05, 0) is 47.5 Å². The number of ether oxygens (including phenoxy) is 2. The third-order valence-corrected chi connectivity index (χ3v) is 13.4. The first-order chi connectivity index (χ1) is 17.0. The van der Waals surface area contributed by atoms with Gasteiger partial charge in [0.25, 0.3) is 5.91 Å². The summed E-state index contributed by atoms with van der Waals surface area (Å²) in [4.78, 5) is 17.6. The van der Waals surface area contributed by atoms with Crippen molar-refractivity contribution in [1.29, 1.82) is 0 Å². The van der Waals surface area contributed by atoms with E-state index in [-0.39, 0.29) is 17.9 Å². The van der Waals surface area contributed by atoms with Crippen molar-refractivity contribution in [1.82, 2.24) is 9.55 Å². The molecule has 7 heteroatoms. The van der Waals surface area contributed by atoms with Gasteiger partial charge < -0.3 is 13.9 Å². The highest BCUT2D eigenvalue weighted by molar-refractivity contribution is 6.77. The standard InChI is InChI=1S/C29H44N2O4Si/c1-11-12-13-23(8)26(35-36(20(2)3,21(4)5)22(6)7)17-24-16-25(33-9)18-27(34-10)28(24)29(32)31-15-14-30-19-31/h14-16,18-23,26H,13,17H2,1-10H3/t23-,26+/m0/s1. The maximum Gasteiger partial charge on any atom is 0.267 e. The molecule has 1 aromatic carbocycles. The summed E-state index contributed by atoms with van der Waals surface area (Å²) in [6.45, 7) is 17.8. The molecule has 0 aliphatic heterocycles. The highest BCUT2D eigenvalue weighted by Gasteiger charge is 2.47. The molecule has 6 nitrogen and oxygen atoms in total. The molecule has 0 aliphatic rings. The smallest absolute Gasteiger partial charge is 0.267 e. The third-order valence-electron chi connectivity index (χ3n) is 7.28. The zero-order valence-corrected chi connectivity index (χ0v) is 24.7. The van der Waals surface area contributed by atoms with Crippen LogP contribution < -0.4 is 9.47 Å². The summed E-state index contributed by atoms with van der Waals surface area (Å²) in [5.41, 5.74) is 2.67. The van der Waals surface area contributed by atoms with Gasteiger partial charge in [-0.25, -0.2) is 4.98 Å². The Labute approximate surface area is 218 Å². The van der Waals surface area contributed by atoms with E-state index >= 15 is 0 Å². The molecule has 0 N–H and O–H groups in total. The molecular weight excluding hydrogens is 468 g/mol. The highest BCUT2D eigenvalue weighted by Crippen LogP contribution is 2.44. The van der Waals surface area contributed by atoms with Crippen LogP contribution in [0.25, 0.3) is 0 Å². The van der Waals surface area contributed by atoms with Crippen molar-refractivity contribution in [3.63, 3.8) is 0 Å². The molecule has 0 radical (unpaired) electrons. The Morgan fingerprint density at radius 3 is 2.14 bits per heavy atom. The van der Waals surface area contributed by atoms with E-state index in [0.717, 1.165) is 12.0 Å². The van der Waals surface area contributed by atoms with Gasteiger partial charge in [-0.3, -0.25) is 9.36 Å². The van der Waals surface area contributed by atoms with Crippen LogP contribution in [0.15, 0.2) is 30.9 Å². The molecule has 0 amide bonds. The quantitative estimate of drug-likeness (QED) is 0.233. The molecule has 2 rings (SSSR count). The lowest BCUT2D eigenvalue weighted by molar-refractivity contribution is 0.0951. The van der Waals surface area contributed by atoms with Crippen LogP contribution in [0.3, 0.4) is 0 Å². The molecule has 1 heterocycles. The number of carbonyl (C=O) groups excluding carboxylic acids is 1. The molecule has 0 fully saturated rings. The maximum absolute atomic E-state index is 13.6. The minimum absolute atomic E-state index is 0.115. The summed E-state index contributed by atoms with van der Waals surface area (Å²) < 4.78 is 20.1. The van der Waals surface area contributed by atoms with Crippen LogP contribution in [0.1, 0.15) is 77.7 Å². The highest BCUT2D eigenvalue weighted by atomic mass is 28.4. The summed E-state index contributed by atoms with van der Waals surface area (Å²) in [6, 6.07) is 3.69. The number of hydrogen-bond donors (Lipinski definition) is 0. The van der Waals surface area contributed by atoms with Crippen molar-refractivity contribution >= 4 is 14.2 Å². The predicted molar refractivity (Wildman–Crippen MR) is 148 cm³/mol. The van der Waals surface area contributed by atoms with Crippen molar-refractivity contribution in [2.45, 2.75) is 91.0 Å². The van der Waals surface area contributed by atoms with E-state index in [4.69, 9.17) is 13.9 Å². The van der Waals surface area contributed by atoms with Gasteiger partial charge in [0.2, 0.25) is 8.32 Å². The van der Waals surface area contributed by atoms with Gasteiger partial charge in [0.1, 0.15) is 17.8 Å². The minimum Gasteiger partial charge on any atom is -0.497 e. The number of aromatic nitrogens is 2. The van der Waals surface area contributed by atoms with Gasteiger partial charge in [-0.1, -0.05) is 48.5 Å². The van der Waals surface area contributed by atoms with Crippen LogP contribution >= 0.6 is 0 Å². The zero-order chi connectivity index (χ0) is 27.0. The fourth-order valence-electron chi connectivity index (χ4n) is 5.48. The topological polar surface area (TPSA) is 62.6 Å². The van der Waals surface area contributed by atoms with Crippen LogP contribution in [-0.2, 0) is 10.8 Å². The Morgan fingerprint density at radius 1 is 1.03 bits per heavy atom. The average Bonchev–Trinajstić information content (AvgIpc) is 3.38. The SMILES string of the molecule is CC#CC[C@H](C)[C@@H](Cc1cc(OC)cc(OC)c1C(=O)n1ccnc1)O[Si](C(C)C)(C(C)C)C(C)C. The normalized spacial score (nSPS) is 13.5. The molecular formula is C29H44N2O4Si. The third kappa shape index (κ3) is 6.40. The lowest BCUT2D eigenvalue weighted by Crippen LogP contribution is -2.51. The van der Waals surface area contributed by atoms with Gasteiger partial charge in [-0.2, -0.15) is 0 Å². The van der Waals surface area contributed by atoms with E-state index in [1.807, 2.05) is 13.0 Å². The Hall–Kier alpha value is -2.56. The number of nitrogens with zero attached hydrogens (tertiary/aromatic N) is 2. The molecule has 0 saturated carbocycles. The lowest BCUT2D eigenvalue weighted by atomic mass is 9.92. The second-order valence-electron chi connectivity index (χ2n) is 10.4. The molecule has 198 valence electrons. The molecule has 0 saturated heterocycles. The fourth-order valence-corrected chi connectivity index (χ4v) is 11.1. The second-order valence-corrected chi connectivity index (χ2v) is 15.8. The summed E-state index contributed by atoms with van der Waals surface area (Å²) in [5.74, 6) is 7.38. The van der Waals surface area contributed by atoms with E-state index in [9.17, 15) is 4.79 Å². The van der Waals surface area contributed by atoms with E-state index in [1.165, 1.54) is 10.9 Å². The van der Waals surface area contributed by atoms with Crippen molar-refractivity contribution < 1.29 is 18.7 Å². The maximum atomic E-state index is 13.6. The number of hydrogen-bond acceptors (Lipinski definition) is 5. The number of methoxy groups -OCH3 is 2. The predicted octanol–water partition coefficient (Wildman–Crippen LogP) is 6.74. The lowest BCUT2D eigenvalue weighted by Gasteiger charge is -2.46. The number of imidazole rings is 1. The van der Waals surface area contributed by atoms with Gasteiger partial charge in [-0.15, -0.1) is 11.8 Å².